The van der Waals surface area contributed by atoms with Crippen LogP contribution in [0.1, 0.15) is 0 Å². The SMILES string of the molecule is Cn1c(S(=O)(=O)O)nc2ccc(Cl)cc21. The van der Waals surface area contributed by atoms with E-state index >= 15 is 0 Å². The van der Waals surface area contributed by atoms with Crippen molar-refractivity contribution in [2.75, 3.05) is 0 Å². The molecular formula is C8H7ClN2O3S. The maximum absolute atomic E-state index is 10.9. The van der Waals surface area contributed by atoms with Gasteiger partial charge in [-0.15, -0.1) is 0 Å². The van der Waals surface area contributed by atoms with Crippen molar-refractivity contribution in [2.24, 2.45) is 7.05 Å². The van der Waals surface area contributed by atoms with Gasteiger partial charge in [-0.05, 0) is 18.2 Å². The largest absolute Gasteiger partial charge is 0.328 e. The van der Waals surface area contributed by atoms with Gasteiger partial charge in [0.1, 0.15) is 0 Å². The second-order valence-corrected chi connectivity index (χ2v) is 4.81. The molecule has 7 heteroatoms. The Hall–Kier alpha value is -1.11. The molecule has 0 aliphatic heterocycles. The van der Waals surface area contributed by atoms with Crippen molar-refractivity contribution >= 4 is 32.8 Å². The normalized spacial score (nSPS) is 12.2. The number of fused-ring (bicyclic) bond motifs is 1. The molecule has 5 nitrogen and oxygen atoms in total. The molecular weight excluding hydrogens is 240 g/mol. The fourth-order valence-electron chi connectivity index (χ4n) is 1.37. The topological polar surface area (TPSA) is 72.2 Å². The molecule has 0 unspecified atom stereocenters. The zero-order valence-corrected chi connectivity index (χ0v) is 9.25. The van der Waals surface area contributed by atoms with Crippen molar-refractivity contribution in [3.05, 3.63) is 23.2 Å². The second kappa shape index (κ2) is 3.19. The van der Waals surface area contributed by atoms with Gasteiger partial charge in [0.15, 0.2) is 0 Å². The third-order valence-corrected chi connectivity index (χ3v) is 3.09. The molecule has 0 spiro atoms. The lowest BCUT2D eigenvalue weighted by Crippen LogP contribution is -2.06. The van der Waals surface area contributed by atoms with Gasteiger partial charge < -0.3 is 4.57 Å². The Balaban J connectivity index is 2.87. The summed E-state index contributed by atoms with van der Waals surface area (Å²) in [5, 5.41) is 0.0900. The van der Waals surface area contributed by atoms with E-state index in [1.165, 1.54) is 11.6 Å². The number of hydrogen-bond acceptors (Lipinski definition) is 3. The van der Waals surface area contributed by atoms with E-state index in [2.05, 4.69) is 4.98 Å². The first-order chi connectivity index (χ1) is 6.89. The molecule has 2 rings (SSSR count). The summed E-state index contributed by atoms with van der Waals surface area (Å²) in [5.41, 5.74) is 1.02. The van der Waals surface area contributed by atoms with Crippen LogP contribution >= 0.6 is 11.6 Å². The predicted molar refractivity (Wildman–Crippen MR) is 55.5 cm³/mol. The summed E-state index contributed by atoms with van der Waals surface area (Å²) in [4.78, 5) is 3.79. The minimum Gasteiger partial charge on any atom is -0.316 e. The van der Waals surface area contributed by atoms with Gasteiger partial charge in [0.05, 0.1) is 11.0 Å². The monoisotopic (exact) mass is 246 g/mol. The first-order valence-corrected chi connectivity index (χ1v) is 5.81. The maximum atomic E-state index is 10.9. The molecule has 0 aliphatic carbocycles. The van der Waals surface area contributed by atoms with Gasteiger partial charge in [-0.2, -0.15) is 8.42 Å². The Labute approximate surface area is 91.0 Å². The second-order valence-electron chi connectivity index (χ2n) is 3.06. The van der Waals surface area contributed by atoms with Gasteiger partial charge in [-0.25, -0.2) is 4.98 Å². The molecule has 1 N–H and O–H groups in total. The summed E-state index contributed by atoms with van der Waals surface area (Å²) >= 11 is 5.76. The molecule has 0 amide bonds. The van der Waals surface area contributed by atoms with Crippen LogP contribution in [0.5, 0.6) is 0 Å². The number of aryl methyl sites for hydroxylation is 1. The highest BCUT2D eigenvalue weighted by molar-refractivity contribution is 7.85. The zero-order chi connectivity index (χ0) is 11.2. The zero-order valence-electron chi connectivity index (χ0n) is 7.68. The number of hydrogen-bond donors (Lipinski definition) is 1. The number of imidazole rings is 1. The third-order valence-electron chi connectivity index (χ3n) is 2.03. The van der Waals surface area contributed by atoms with Crippen LogP contribution in [-0.4, -0.2) is 22.5 Å². The van der Waals surface area contributed by atoms with Crippen LogP contribution in [0.15, 0.2) is 23.4 Å². The lowest BCUT2D eigenvalue weighted by atomic mass is 10.3. The molecule has 2 aromatic rings. The fraction of sp³-hybridized carbons (Fsp3) is 0.125. The highest BCUT2D eigenvalue weighted by Gasteiger charge is 2.18. The van der Waals surface area contributed by atoms with E-state index in [9.17, 15) is 8.42 Å². The van der Waals surface area contributed by atoms with Crippen molar-refractivity contribution in [3.8, 4) is 0 Å². The van der Waals surface area contributed by atoms with Crippen LogP contribution in [-0.2, 0) is 17.2 Å². The van der Waals surface area contributed by atoms with Crippen LogP contribution in [0.2, 0.25) is 5.02 Å². The summed E-state index contributed by atoms with van der Waals surface area (Å²) in [7, 11) is -2.80. The van der Waals surface area contributed by atoms with Gasteiger partial charge in [0.25, 0.3) is 5.16 Å². The molecule has 1 heterocycles. The molecule has 80 valence electrons. The van der Waals surface area contributed by atoms with Crippen molar-refractivity contribution in [1.29, 1.82) is 0 Å². The van der Waals surface area contributed by atoms with Crippen LogP contribution < -0.4 is 0 Å². The smallest absolute Gasteiger partial charge is 0.316 e. The van der Waals surface area contributed by atoms with Crippen LogP contribution in [0.25, 0.3) is 11.0 Å². The number of aromatic nitrogens is 2. The number of benzene rings is 1. The maximum Gasteiger partial charge on any atom is 0.328 e. The van der Waals surface area contributed by atoms with Gasteiger partial charge in [-0.1, -0.05) is 11.6 Å². The average Bonchev–Trinajstić information content (AvgIpc) is 2.43. The molecule has 0 atom stereocenters. The van der Waals surface area contributed by atoms with Crippen molar-refractivity contribution < 1.29 is 13.0 Å². The minimum absolute atomic E-state index is 0.389. The van der Waals surface area contributed by atoms with E-state index < -0.39 is 10.1 Å². The summed E-state index contributed by atoms with van der Waals surface area (Å²) < 4.78 is 32.1. The molecule has 0 aliphatic rings. The highest BCUT2D eigenvalue weighted by Crippen LogP contribution is 2.21. The minimum atomic E-state index is -4.30. The van der Waals surface area contributed by atoms with Crippen molar-refractivity contribution in [1.82, 2.24) is 9.55 Å². The van der Waals surface area contributed by atoms with E-state index in [1.807, 2.05) is 0 Å². The molecule has 1 aromatic heterocycles. The Morgan fingerprint density at radius 3 is 2.73 bits per heavy atom. The molecule has 15 heavy (non-hydrogen) atoms. The molecule has 0 saturated heterocycles. The van der Waals surface area contributed by atoms with E-state index in [1.54, 1.807) is 18.2 Å². The van der Waals surface area contributed by atoms with Crippen LogP contribution in [0.4, 0.5) is 0 Å². The van der Waals surface area contributed by atoms with E-state index in [0.29, 0.717) is 16.1 Å². The summed E-state index contributed by atoms with van der Waals surface area (Å²) in [6.45, 7) is 0. The fourth-order valence-corrected chi connectivity index (χ4v) is 2.20. The number of halogens is 1. The number of nitrogens with zero attached hydrogens (tertiary/aromatic N) is 2. The molecule has 1 aromatic carbocycles. The van der Waals surface area contributed by atoms with E-state index in [4.69, 9.17) is 16.2 Å². The molecule has 0 radical (unpaired) electrons. The molecule has 0 fully saturated rings. The lowest BCUT2D eigenvalue weighted by Gasteiger charge is -1.97. The Morgan fingerprint density at radius 1 is 1.47 bits per heavy atom. The summed E-state index contributed by atoms with van der Waals surface area (Å²) in [6, 6.07) is 4.77. The quantitative estimate of drug-likeness (QED) is 0.774. The van der Waals surface area contributed by atoms with Gasteiger partial charge in [0, 0.05) is 12.1 Å². The Bertz CT molecular complexity index is 633. The van der Waals surface area contributed by atoms with Crippen LogP contribution in [0, 0.1) is 0 Å². The third kappa shape index (κ3) is 1.71. The van der Waals surface area contributed by atoms with Gasteiger partial charge in [0.2, 0.25) is 0 Å². The van der Waals surface area contributed by atoms with E-state index in [0.717, 1.165) is 0 Å². The van der Waals surface area contributed by atoms with Crippen molar-refractivity contribution in [3.63, 3.8) is 0 Å². The predicted octanol–water partition coefficient (Wildman–Crippen LogP) is 1.47. The highest BCUT2D eigenvalue weighted by atomic mass is 35.5. The summed E-state index contributed by atoms with van der Waals surface area (Å²) in [5.74, 6) is 0. The lowest BCUT2D eigenvalue weighted by molar-refractivity contribution is 0.470. The summed E-state index contributed by atoms with van der Waals surface area (Å²) in [6.07, 6.45) is 0. The van der Waals surface area contributed by atoms with Crippen molar-refractivity contribution in [2.45, 2.75) is 5.16 Å². The first kappa shape index (κ1) is 10.4. The van der Waals surface area contributed by atoms with Gasteiger partial charge in [-0.3, -0.25) is 4.55 Å². The first-order valence-electron chi connectivity index (χ1n) is 3.99. The molecule has 0 bridgehead atoms. The average molecular weight is 247 g/mol. The van der Waals surface area contributed by atoms with E-state index in [-0.39, 0.29) is 5.16 Å². The van der Waals surface area contributed by atoms with Gasteiger partial charge >= 0.3 is 10.1 Å². The molecule has 0 saturated carbocycles. The Kier molecular flexibility index (Phi) is 2.22. The standard InChI is InChI=1S/C8H7ClN2O3S/c1-11-7-4-5(9)2-3-6(7)10-8(11)15(12,13)14/h2-4H,1H3,(H,12,13,14). The Morgan fingerprint density at radius 2 is 2.13 bits per heavy atom. The van der Waals surface area contributed by atoms with Crippen LogP contribution in [0.3, 0.4) is 0 Å². The number of rotatable bonds is 1.